The zero-order chi connectivity index (χ0) is 18.7. The molecule has 1 rings (SSSR count). The number of nitrogens with one attached hydrogen (secondary N) is 2. The second kappa shape index (κ2) is 10.6. The van der Waals surface area contributed by atoms with E-state index < -0.39 is 24.3 Å². The summed E-state index contributed by atoms with van der Waals surface area (Å²) in [6.07, 6.45) is 2.43. The highest BCUT2D eigenvalue weighted by Crippen LogP contribution is 2.11. The molecule has 0 aliphatic heterocycles. The minimum atomic E-state index is -0.899. The quantitative estimate of drug-likeness (QED) is 0.243. The molecular weight excluding hydrogens is 326 g/mol. The van der Waals surface area contributed by atoms with E-state index >= 15 is 0 Å². The number of carbonyl (C=O) groups excluding carboxylic acids is 3. The topological polar surface area (TPSA) is 118 Å². The fourth-order valence-electron chi connectivity index (χ4n) is 2.02. The maximum Gasteiger partial charge on any atom is 0.343 e. The Morgan fingerprint density at radius 1 is 1.20 bits per heavy atom. The molecule has 0 heterocycles. The molecule has 0 aliphatic carbocycles. The summed E-state index contributed by atoms with van der Waals surface area (Å²) in [6.45, 7) is 3.66. The van der Waals surface area contributed by atoms with Crippen molar-refractivity contribution in [2.75, 3.05) is 5.32 Å². The molecule has 0 unspecified atom stereocenters. The van der Waals surface area contributed by atoms with Gasteiger partial charge in [0, 0.05) is 11.6 Å². The zero-order valence-corrected chi connectivity index (χ0v) is 14.2. The Labute approximate surface area is 146 Å². The van der Waals surface area contributed by atoms with Crippen molar-refractivity contribution in [3.05, 3.63) is 29.8 Å². The number of hydrogen-bond acceptors (Lipinski definition) is 7. The van der Waals surface area contributed by atoms with Gasteiger partial charge in [0.05, 0.1) is 0 Å². The van der Waals surface area contributed by atoms with E-state index in [2.05, 4.69) is 10.2 Å². The number of anilines is 1. The predicted octanol–water partition coefficient (Wildman–Crippen LogP) is 2.02. The Morgan fingerprint density at radius 2 is 1.92 bits per heavy atom. The highest BCUT2D eigenvalue weighted by molar-refractivity contribution is 5.91. The maximum atomic E-state index is 11.7. The molecule has 8 heteroatoms. The Bertz CT molecular complexity index is 650. The van der Waals surface area contributed by atoms with E-state index in [1.54, 1.807) is 30.5 Å². The molecule has 25 heavy (non-hydrogen) atoms. The number of rotatable bonds is 8. The monoisotopic (exact) mass is 347 g/mol. The molecule has 1 aromatic rings. The molecule has 0 spiro atoms. The second-order valence-electron chi connectivity index (χ2n) is 5.23. The smallest absolute Gasteiger partial charge is 0.343 e. The molecule has 0 saturated heterocycles. The Balaban J connectivity index is 2.36. The van der Waals surface area contributed by atoms with Crippen molar-refractivity contribution in [2.45, 2.75) is 39.7 Å². The van der Waals surface area contributed by atoms with Gasteiger partial charge in [-0.25, -0.2) is 4.79 Å². The standard InChI is InChI=1S/C17H21N3O5/c1-3-13(4-2)17(23)20-25-16(22)9-15(21)24-10-12-6-5-7-14(8-12)19-11-18/h5-8,13,19H,3-4,9-10H2,1-2H3,(H,20,23). The fourth-order valence-corrected chi connectivity index (χ4v) is 2.02. The first-order valence-electron chi connectivity index (χ1n) is 7.89. The number of hydrogen-bond donors (Lipinski definition) is 2. The number of nitriles is 1. The summed E-state index contributed by atoms with van der Waals surface area (Å²) < 4.78 is 4.97. The second-order valence-corrected chi connectivity index (χ2v) is 5.23. The molecule has 0 aliphatic rings. The Hall–Kier alpha value is -3.08. The van der Waals surface area contributed by atoms with Crippen LogP contribution in [0.3, 0.4) is 0 Å². The van der Waals surface area contributed by atoms with E-state index in [9.17, 15) is 14.4 Å². The van der Waals surface area contributed by atoms with Crippen molar-refractivity contribution < 1.29 is 24.0 Å². The largest absolute Gasteiger partial charge is 0.460 e. The van der Waals surface area contributed by atoms with Crippen LogP contribution < -0.4 is 10.8 Å². The minimum Gasteiger partial charge on any atom is -0.460 e. The maximum absolute atomic E-state index is 11.7. The number of amides is 1. The molecule has 8 nitrogen and oxygen atoms in total. The van der Waals surface area contributed by atoms with Crippen LogP contribution in [0.4, 0.5) is 5.69 Å². The van der Waals surface area contributed by atoms with Crippen LogP contribution in [0.1, 0.15) is 38.7 Å². The average molecular weight is 347 g/mol. The van der Waals surface area contributed by atoms with Crippen molar-refractivity contribution >= 4 is 23.5 Å². The van der Waals surface area contributed by atoms with Gasteiger partial charge in [0.1, 0.15) is 13.0 Å². The number of hydroxylamine groups is 1. The molecule has 0 radical (unpaired) electrons. The van der Waals surface area contributed by atoms with Crippen LogP contribution in [0, 0.1) is 17.4 Å². The predicted molar refractivity (Wildman–Crippen MR) is 88.4 cm³/mol. The van der Waals surface area contributed by atoms with Gasteiger partial charge in [-0.15, -0.1) is 0 Å². The van der Waals surface area contributed by atoms with Crippen molar-refractivity contribution in [2.24, 2.45) is 5.92 Å². The summed E-state index contributed by atoms with van der Waals surface area (Å²) in [6, 6.07) is 6.74. The number of nitrogens with zero attached hydrogens (tertiary/aromatic N) is 1. The highest BCUT2D eigenvalue weighted by atomic mass is 16.7. The lowest BCUT2D eigenvalue weighted by atomic mass is 10.0. The summed E-state index contributed by atoms with van der Waals surface area (Å²) in [7, 11) is 0. The summed E-state index contributed by atoms with van der Waals surface area (Å²) in [4.78, 5) is 39.4. The molecule has 0 fully saturated rings. The lowest BCUT2D eigenvalue weighted by Crippen LogP contribution is -2.33. The summed E-state index contributed by atoms with van der Waals surface area (Å²) in [5.41, 5.74) is 3.28. The molecule has 0 bridgehead atoms. The molecule has 0 saturated carbocycles. The highest BCUT2D eigenvalue weighted by Gasteiger charge is 2.18. The molecule has 0 aromatic heterocycles. The van der Waals surface area contributed by atoms with E-state index in [0.29, 0.717) is 24.1 Å². The Morgan fingerprint density at radius 3 is 2.56 bits per heavy atom. The van der Waals surface area contributed by atoms with Gasteiger partial charge < -0.3 is 9.57 Å². The first-order chi connectivity index (χ1) is 12.0. The van der Waals surface area contributed by atoms with Gasteiger partial charge >= 0.3 is 11.9 Å². The van der Waals surface area contributed by atoms with Crippen LogP contribution in [0.5, 0.6) is 0 Å². The third kappa shape index (κ3) is 7.35. The summed E-state index contributed by atoms with van der Waals surface area (Å²) in [5.74, 6) is -2.31. The number of carbonyl (C=O) groups is 3. The number of ether oxygens (including phenoxy) is 1. The van der Waals surface area contributed by atoms with Crippen LogP contribution in [0.15, 0.2) is 24.3 Å². The first kappa shape index (κ1) is 20.0. The van der Waals surface area contributed by atoms with Crippen LogP contribution >= 0.6 is 0 Å². The SMILES string of the molecule is CCC(CC)C(=O)NOC(=O)CC(=O)OCc1cccc(NC#N)c1. The van der Waals surface area contributed by atoms with Crippen molar-refractivity contribution in [3.8, 4) is 6.19 Å². The zero-order valence-electron chi connectivity index (χ0n) is 14.2. The van der Waals surface area contributed by atoms with E-state index in [1.807, 2.05) is 19.3 Å². The number of esters is 1. The number of benzene rings is 1. The molecule has 2 N–H and O–H groups in total. The summed E-state index contributed by atoms with van der Waals surface area (Å²) in [5, 5.41) is 11.0. The molecule has 134 valence electrons. The van der Waals surface area contributed by atoms with Crippen molar-refractivity contribution in [1.82, 2.24) is 5.48 Å². The lowest BCUT2D eigenvalue weighted by molar-refractivity contribution is -0.165. The van der Waals surface area contributed by atoms with Gasteiger partial charge in [0.15, 0.2) is 6.19 Å². The van der Waals surface area contributed by atoms with E-state index in [4.69, 9.17) is 10.00 Å². The van der Waals surface area contributed by atoms with Gasteiger partial charge in [-0.2, -0.15) is 10.7 Å². The van der Waals surface area contributed by atoms with E-state index in [-0.39, 0.29) is 12.5 Å². The lowest BCUT2D eigenvalue weighted by Gasteiger charge is -2.12. The Kier molecular flexibility index (Phi) is 8.50. The minimum absolute atomic E-state index is 0.0484. The third-order valence-corrected chi connectivity index (χ3v) is 3.44. The van der Waals surface area contributed by atoms with Crippen molar-refractivity contribution in [3.63, 3.8) is 0 Å². The van der Waals surface area contributed by atoms with Crippen LogP contribution in [0.25, 0.3) is 0 Å². The van der Waals surface area contributed by atoms with E-state index in [0.717, 1.165) is 0 Å². The fraction of sp³-hybridized carbons (Fsp3) is 0.412. The molecule has 1 aromatic carbocycles. The first-order valence-corrected chi connectivity index (χ1v) is 7.89. The molecule has 1 amide bonds. The van der Waals surface area contributed by atoms with Crippen molar-refractivity contribution in [1.29, 1.82) is 5.26 Å². The van der Waals surface area contributed by atoms with Crippen LogP contribution in [-0.2, 0) is 30.6 Å². The third-order valence-electron chi connectivity index (χ3n) is 3.44. The van der Waals surface area contributed by atoms with Gasteiger partial charge in [0.2, 0.25) is 0 Å². The van der Waals surface area contributed by atoms with E-state index in [1.165, 1.54) is 0 Å². The van der Waals surface area contributed by atoms with Gasteiger partial charge in [-0.3, -0.25) is 14.9 Å². The average Bonchev–Trinajstić information content (AvgIpc) is 2.60. The molecule has 0 atom stereocenters. The van der Waals surface area contributed by atoms with Gasteiger partial charge in [-0.1, -0.05) is 26.0 Å². The van der Waals surface area contributed by atoms with Crippen LogP contribution in [-0.4, -0.2) is 17.8 Å². The van der Waals surface area contributed by atoms with Gasteiger partial charge in [-0.05, 0) is 30.5 Å². The van der Waals surface area contributed by atoms with Gasteiger partial charge in [0.25, 0.3) is 5.91 Å². The normalized spacial score (nSPS) is 9.84. The van der Waals surface area contributed by atoms with Crippen LogP contribution in [0.2, 0.25) is 0 Å². The molecular formula is C17H21N3O5. The summed E-state index contributed by atoms with van der Waals surface area (Å²) >= 11 is 0.